The van der Waals surface area contributed by atoms with Gasteiger partial charge in [0.15, 0.2) is 0 Å². The first-order valence-electron chi connectivity index (χ1n) is 5.45. The lowest BCUT2D eigenvalue weighted by Crippen LogP contribution is -2.21. The SMILES string of the molecule is NC(=O)OCCC1OC[C@@H](F)c2ccccc21. The largest absolute Gasteiger partial charge is 0.450 e. The molecule has 1 amide bonds. The maximum atomic E-state index is 13.6. The van der Waals surface area contributed by atoms with Crippen LogP contribution in [0.5, 0.6) is 0 Å². The summed E-state index contributed by atoms with van der Waals surface area (Å²) in [6.07, 6.45) is -1.65. The van der Waals surface area contributed by atoms with Crippen molar-refractivity contribution in [1.29, 1.82) is 0 Å². The summed E-state index contributed by atoms with van der Waals surface area (Å²) in [5, 5.41) is 0. The fourth-order valence-corrected chi connectivity index (χ4v) is 1.97. The van der Waals surface area contributed by atoms with Crippen LogP contribution in [0.4, 0.5) is 9.18 Å². The van der Waals surface area contributed by atoms with E-state index in [4.69, 9.17) is 10.5 Å². The van der Waals surface area contributed by atoms with Gasteiger partial charge in [0, 0.05) is 6.42 Å². The van der Waals surface area contributed by atoms with Crippen molar-refractivity contribution in [2.24, 2.45) is 5.73 Å². The van der Waals surface area contributed by atoms with E-state index in [9.17, 15) is 9.18 Å². The van der Waals surface area contributed by atoms with Crippen molar-refractivity contribution >= 4 is 6.09 Å². The van der Waals surface area contributed by atoms with Crippen LogP contribution in [0.1, 0.15) is 29.8 Å². The standard InChI is InChI=1S/C12H14FNO3/c13-10-7-17-11(5-6-16-12(14)15)9-4-2-1-3-8(9)10/h1-4,10-11H,5-7H2,(H2,14,15)/t10-,11?/m1/s1. The third-order valence-electron chi connectivity index (χ3n) is 2.75. The van der Waals surface area contributed by atoms with Crippen molar-refractivity contribution in [2.45, 2.75) is 18.7 Å². The summed E-state index contributed by atoms with van der Waals surface area (Å²) in [6.45, 7) is 0.212. The van der Waals surface area contributed by atoms with Crippen molar-refractivity contribution in [3.05, 3.63) is 35.4 Å². The number of benzene rings is 1. The Labute approximate surface area is 98.5 Å². The molecular formula is C12H14FNO3. The molecule has 0 saturated carbocycles. The molecule has 1 aromatic carbocycles. The van der Waals surface area contributed by atoms with Crippen LogP contribution in [0, 0.1) is 0 Å². The van der Waals surface area contributed by atoms with Crippen LogP contribution in [0.2, 0.25) is 0 Å². The van der Waals surface area contributed by atoms with Crippen molar-refractivity contribution in [1.82, 2.24) is 0 Å². The topological polar surface area (TPSA) is 61.6 Å². The minimum Gasteiger partial charge on any atom is -0.450 e. The number of alkyl halides is 1. The number of carbonyl (C=O) groups excluding carboxylic acids is 1. The van der Waals surface area contributed by atoms with Gasteiger partial charge in [-0.2, -0.15) is 0 Å². The van der Waals surface area contributed by atoms with Gasteiger partial charge in [-0.05, 0) is 11.1 Å². The molecule has 0 aliphatic carbocycles. The molecule has 2 atom stereocenters. The number of carbonyl (C=O) groups is 1. The van der Waals surface area contributed by atoms with Gasteiger partial charge in [0.25, 0.3) is 0 Å². The van der Waals surface area contributed by atoms with Crippen LogP contribution >= 0.6 is 0 Å². The van der Waals surface area contributed by atoms with E-state index in [-0.39, 0.29) is 19.3 Å². The van der Waals surface area contributed by atoms with E-state index in [0.717, 1.165) is 5.56 Å². The van der Waals surface area contributed by atoms with Crippen molar-refractivity contribution in [2.75, 3.05) is 13.2 Å². The monoisotopic (exact) mass is 239 g/mol. The number of fused-ring (bicyclic) bond motifs is 1. The molecule has 1 aliphatic rings. The summed E-state index contributed by atoms with van der Waals surface area (Å²) in [5.41, 5.74) is 6.34. The lowest BCUT2D eigenvalue weighted by molar-refractivity contribution is -0.0137. The average Bonchev–Trinajstić information content (AvgIpc) is 2.32. The molecule has 0 aromatic heterocycles. The third-order valence-corrected chi connectivity index (χ3v) is 2.75. The zero-order valence-electron chi connectivity index (χ0n) is 9.27. The number of primary amides is 1. The van der Waals surface area contributed by atoms with Gasteiger partial charge in [0.1, 0.15) is 6.17 Å². The Morgan fingerprint density at radius 2 is 2.18 bits per heavy atom. The van der Waals surface area contributed by atoms with Crippen LogP contribution in [0.15, 0.2) is 24.3 Å². The molecule has 2 N–H and O–H groups in total. The second kappa shape index (κ2) is 5.14. The molecule has 0 radical (unpaired) electrons. The fourth-order valence-electron chi connectivity index (χ4n) is 1.97. The molecule has 2 rings (SSSR count). The zero-order valence-corrected chi connectivity index (χ0v) is 9.27. The Hall–Kier alpha value is -1.62. The molecule has 1 heterocycles. The van der Waals surface area contributed by atoms with E-state index in [1.807, 2.05) is 12.1 Å². The van der Waals surface area contributed by atoms with Gasteiger partial charge in [-0.1, -0.05) is 24.3 Å². The number of rotatable bonds is 3. The molecule has 0 bridgehead atoms. The normalized spacial score (nSPS) is 22.9. The molecule has 1 aromatic rings. The Balaban J connectivity index is 2.05. The summed E-state index contributed by atoms with van der Waals surface area (Å²) in [6, 6.07) is 7.22. The fraction of sp³-hybridized carbons (Fsp3) is 0.417. The van der Waals surface area contributed by atoms with Crippen LogP contribution in [-0.4, -0.2) is 19.3 Å². The number of nitrogens with two attached hydrogens (primary N) is 1. The molecule has 92 valence electrons. The predicted octanol–water partition coefficient (Wildman–Crippen LogP) is 2.25. The molecule has 1 unspecified atom stereocenters. The lowest BCUT2D eigenvalue weighted by Gasteiger charge is -2.28. The maximum absolute atomic E-state index is 13.6. The van der Waals surface area contributed by atoms with Gasteiger partial charge in [-0.15, -0.1) is 0 Å². The quantitative estimate of drug-likeness (QED) is 0.880. The van der Waals surface area contributed by atoms with Gasteiger partial charge in [-0.3, -0.25) is 0 Å². The Bertz CT molecular complexity index is 410. The molecule has 4 nitrogen and oxygen atoms in total. The zero-order chi connectivity index (χ0) is 12.3. The number of hydrogen-bond donors (Lipinski definition) is 1. The predicted molar refractivity (Wildman–Crippen MR) is 59.1 cm³/mol. The summed E-state index contributed by atoms with van der Waals surface area (Å²) < 4.78 is 23.6. The van der Waals surface area contributed by atoms with Gasteiger partial charge in [-0.25, -0.2) is 9.18 Å². The lowest BCUT2D eigenvalue weighted by atomic mass is 9.95. The Kier molecular flexibility index (Phi) is 3.58. The molecule has 0 saturated heterocycles. The van der Waals surface area contributed by atoms with Gasteiger partial charge < -0.3 is 15.2 Å². The summed E-state index contributed by atoms with van der Waals surface area (Å²) in [5.74, 6) is 0. The van der Waals surface area contributed by atoms with E-state index in [1.54, 1.807) is 12.1 Å². The third kappa shape index (κ3) is 2.74. The molecule has 1 aliphatic heterocycles. The van der Waals surface area contributed by atoms with E-state index in [0.29, 0.717) is 12.0 Å². The van der Waals surface area contributed by atoms with Crippen molar-refractivity contribution < 1.29 is 18.7 Å². The molecule has 17 heavy (non-hydrogen) atoms. The van der Waals surface area contributed by atoms with Crippen LogP contribution in [0.25, 0.3) is 0 Å². The summed E-state index contributed by atoms with van der Waals surface area (Å²) >= 11 is 0. The van der Waals surface area contributed by atoms with E-state index < -0.39 is 12.3 Å². The summed E-state index contributed by atoms with van der Waals surface area (Å²) in [7, 11) is 0. The number of ether oxygens (including phenoxy) is 2. The first kappa shape index (κ1) is 11.9. The highest BCUT2D eigenvalue weighted by molar-refractivity contribution is 5.64. The molecule has 0 fully saturated rings. The smallest absolute Gasteiger partial charge is 0.404 e. The van der Waals surface area contributed by atoms with E-state index in [1.165, 1.54) is 0 Å². The van der Waals surface area contributed by atoms with Gasteiger partial charge in [0.05, 0.1) is 19.3 Å². The summed E-state index contributed by atoms with van der Waals surface area (Å²) in [4.78, 5) is 10.4. The first-order valence-corrected chi connectivity index (χ1v) is 5.45. The highest BCUT2D eigenvalue weighted by atomic mass is 19.1. The second-order valence-electron chi connectivity index (χ2n) is 3.87. The second-order valence-corrected chi connectivity index (χ2v) is 3.87. The van der Waals surface area contributed by atoms with E-state index in [2.05, 4.69) is 4.74 Å². The van der Waals surface area contributed by atoms with E-state index >= 15 is 0 Å². The number of halogens is 1. The molecule has 5 heteroatoms. The first-order chi connectivity index (χ1) is 8.18. The van der Waals surface area contributed by atoms with Gasteiger partial charge in [0.2, 0.25) is 0 Å². The highest BCUT2D eigenvalue weighted by Gasteiger charge is 2.27. The maximum Gasteiger partial charge on any atom is 0.404 e. The minimum atomic E-state index is -1.08. The van der Waals surface area contributed by atoms with Gasteiger partial charge >= 0.3 is 6.09 Å². The molecule has 0 spiro atoms. The van der Waals surface area contributed by atoms with Crippen LogP contribution < -0.4 is 5.73 Å². The Morgan fingerprint density at radius 3 is 2.88 bits per heavy atom. The van der Waals surface area contributed by atoms with Crippen molar-refractivity contribution in [3.63, 3.8) is 0 Å². The van der Waals surface area contributed by atoms with Crippen molar-refractivity contribution in [3.8, 4) is 0 Å². The number of hydrogen-bond acceptors (Lipinski definition) is 3. The number of amides is 1. The van der Waals surface area contributed by atoms with Crippen LogP contribution in [-0.2, 0) is 9.47 Å². The molecular weight excluding hydrogens is 225 g/mol. The average molecular weight is 239 g/mol. The highest BCUT2D eigenvalue weighted by Crippen LogP contribution is 2.35. The van der Waals surface area contributed by atoms with Crippen LogP contribution in [0.3, 0.4) is 0 Å². The minimum absolute atomic E-state index is 0.0399. The Morgan fingerprint density at radius 1 is 1.47 bits per heavy atom.